The van der Waals surface area contributed by atoms with Crippen LogP contribution in [0.2, 0.25) is 0 Å². The minimum Gasteiger partial charge on any atom is -0.349 e. The zero-order chi connectivity index (χ0) is 13.2. The number of hydrogen-bond acceptors (Lipinski definition) is 4. The van der Waals surface area contributed by atoms with Crippen molar-refractivity contribution in [1.29, 1.82) is 0 Å². The van der Waals surface area contributed by atoms with Crippen LogP contribution in [-0.4, -0.2) is 32.2 Å². The second-order valence-corrected chi connectivity index (χ2v) is 4.90. The smallest absolute Gasteiger partial charge is 0.251 e. The number of benzene rings is 1. The zero-order valence-corrected chi connectivity index (χ0v) is 10.7. The Balaban J connectivity index is 1.69. The van der Waals surface area contributed by atoms with Gasteiger partial charge >= 0.3 is 0 Å². The molecule has 1 amide bonds. The van der Waals surface area contributed by atoms with Crippen molar-refractivity contribution < 1.29 is 4.79 Å². The van der Waals surface area contributed by atoms with E-state index >= 15 is 0 Å². The van der Waals surface area contributed by atoms with E-state index in [2.05, 4.69) is 27.8 Å². The summed E-state index contributed by atoms with van der Waals surface area (Å²) < 4.78 is 1.55. The summed E-state index contributed by atoms with van der Waals surface area (Å²) in [6.07, 6.45) is 3.96. The Kier molecular flexibility index (Phi) is 2.98. The summed E-state index contributed by atoms with van der Waals surface area (Å²) in [5.41, 5.74) is 1.49. The molecular formula is C13H15N5O. The molecule has 1 aliphatic carbocycles. The molecule has 2 aromatic rings. The molecule has 1 aromatic carbocycles. The highest BCUT2D eigenvalue weighted by molar-refractivity contribution is 5.94. The SMILES string of the molecule is CC(NC(=O)c1ccc(-n2cnnn2)cc1)C1CC1. The first kappa shape index (κ1) is 11.8. The molecule has 0 saturated heterocycles. The van der Waals surface area contributed by atoms with Gasteiger partial charge in [-0.05, 0) is 60.4 Å². The summed E-state index contributed by atoms with van der Waals surface area (Å²) in [6, 6.07) is 7.48. The average molecular weight is 257 g/mol. The average Bonchev–Trinajstić information content (AvgIpc) is 3.14. The number of tetrazole rings is 1. The normalized spacial score (nSPS) is 16.1. The van der Waals surface area contributed by atoms with Gasteiger partial charge in [-0.3, -0.25) is 4.79 Å². The van der Waals surface area contributed by atoms with Gasteiger partial charge in [-0.25, -0.2) is 4.68 Å². The molecular weight excluding hydrogens is 242 g/mol. The summed E-state index contributed by atoms with van der Waals surface area (Å²) >= 11 is 0. The fourth-order valence-electron chi connectivity index (χ4n) is 2.05. The van der Waals surface area contributed by atoms with Crippen molar-refractivity contribution in [3.8, 4) is 5.69 Å². The van der Waals surface area contributed by atoms with Gasteiger partial charge in [0.05, 0.1) is 5.69 Å². The Hall–Kier alpha value is -2.24. The van der Waals surface area contributed by atoms with Gasteiger partial charge in [-0.15, -0.1) is 5.10 Å². The minimum absolute atomic E-state index is 0.0253. The maximum Gasteiger partial charge on any atom is 0.251 e. The molecule has 0 aliphatic heterocycles. The standard InChI is InChI=1S/C13H15N5O/c1-9(10-2-3-10)15-13(19)11-4-6-12(7-5-11)18-8-14-16-17-18/h4-10H,2-3H2,1H3,(H,15,19). The third-order valence-corrected chi connectivity index (χ3v) is 3.43. The van der Waals surface area contributed by atoms with E-state index in [1.54, 1.807) is 16.8 Å². The molecule has 1 aromatic heterocycles. The van der Waals surface area contributed by atoms with Crippen LogP contribution < -0.4 is 5.32 Å². The largest absolute Gasteiger partial charge is 0.349 e. The lowest BCUT2D eigenvalue weighted by Gasteiger charge is -2.12. The van der Waals surface area contributed by atoms with E-state index < -0.39 is 0 Å². The summed E-state index contributed by atoms with van der Waals surface area (Å²) in [7, 11) is 0. The molecule has 19 heavy (non-hydrogen) atoms. The van der Waals surface area contributed by atoms with Gasteiger partial charge in [0.25, 0.3) is 5.91 Å². The number of rotatable bonds is 4. The van der Waals surface area contributed by atoms with Crippen molar-refractivity contribution in [1.82, 2.24) is 25.5 Å². The van der Waals surface area contributed by atoms with Gasteiger partial charge in [0.15, 0.2) is 0 Å². The lowest BCUT2D eigenvalue weighted by Crippen LogP contribution is -2.33. The van der Waals surface area contributed by atoms with E-state index in [0.29, 0.717) is 11.5 Å². The van der Waals surface area contributed by atoms with Crippen LogP contribution in [0.1, 0.15) is 30.1 Å². The molecule has 98 valence electrons. The highest BCUT2D eigenvalue weighted by Crippen LogP contribution is 2.32. The summed E-state index contributed by atoms with van der Waals surface area (Å²) in [5.74, 6) is 0.632. The predicted molar refractivity (Wildman–Crippen MR) is 68.8 cm³/mol. The number of amides is 1. The number of aromatic nitrogens is 4. The molecule has 1 N–H and O–H groups in total. The third-order valence-electron chi connectivity index (χ3n) is 3.43. The topological polar surface area (TPSA) is 72.7 Å². The number of carbonyl (C=O) groups is 1. The van der Waals surface area contributed by atoms with Gasteiger partial charge < -0.3 is 5.32 Å². The van der Waals surface area contributed by atoms with Crippen molar-refractivity contribution in [3.63, 3.8) is 0 Å². The van der Waals surface area contributed by atoms with Crippen molar-refractivity contribution in [3.05, 3.63) is 36.2 Å². The first-order valence-electron chi connectivity index (χ1n) is 6.38. The molecule has 1 fully saturated rings. The summed E-state index contributed by atoms with van der Waals surface area (Å²) in [6.45, 7) is 2.06. The molecule has 1 heterocycles. The number of carbonyl (C=O) groups excluding carboxylic acids is 1. The van der Waals surface area contributed by atoms with Crippen LogP contribution in [0.15, 0.2) is 30.6 Å². The molecule has 1 unspecified atom stereocenters. The lowest BCUT2D eigenvalue weighted by molar-refractivity contribution is 0.0936. The second kappa shape index (κ2) is 4.79. The van der Waals surface area contributed by atoms with Crippen LogP contribution in [-0.2, 0) is 0 Å². The van der Waals surface area contributed by atoms with Crippen LogP contribution in [0.4, 0.5) is 0 Å². The number of nitrogens with zero attached hydrogens (tertiary/aromatic N) is 4. The molecule has 3 rings (SSSR count). The lowest BCUT2D eigenvalue weighted by atomic mass is 10.1. The van der Waals surface area contributed by atoms with Crippen molar-refractivity contribution in [2.24, 2.45) is 5.92 Å². The van der Waals surface area contributed by atoms with E-state index in [1.807, 2.05) is 12.1 Å². The number of hydrogen-bond donors (Lipinski definition) is 1. The highest BCUT2D eigenvalue weighted by atomic mass is 16.1. The molecule has 1 atom stereocenters. The van der Waals surface area contributed by atoms with E-state index in [9.17, 15) is 4.79 Å². The second-order valence-electron chi connectivity index (χ2n) is 4.90. The van der Waals surface area contributed by atoms with Gasteiger partial charge in [-0.1, -0.05) is 0 Å². The highest BCUT2D eigenvalue weighted by Gasteiger charge is 2.28. The van der Waals surface area contributed by atoms with E-state index in [4.69, 9.17) is 0 Å². The maximum absolute atomic E-state index is 12.0. The van der Waals surface area contributed by atoms with Gasteiger partial charge in [0.1, 0.15) is 6.33 Å². The zero-order valence-electron chi connectivity index (χ0n) is 10.7. The molecule has 1 aliphatic rings. The Morgan fingerprint density at radius 3 is 2.68 bits per heavy atom. The first-order chi connectivity index (χ1) is 9.24. The van der Waals surface area contributed by atoms with E-state index in [0.717, 1.165) is 5.69 Å². The van der Waals surface area contributed by atoms with Gasteiger partial charge in [-0.2, -0.15) is 0 Å². The van der Waals surface area contributed by atoms with E-state index in [1.165, 1.54) is 19.2 Å². The predicted octanol–water partition coefficient (Wildman–Crippen LogP) is 1.19. The Morgan fingerprint density at radius 2 is 2.11 bits per heavy atom. The van der Waals surface area contributed by atoms with Gasteiger partial charge in [0.2, 0.25) is 0 Å². The molecule has 6 heteroatoms. The molecule has 0 bridgehead atoms. The van der Waals surface area contributed by atoms with Crippen LogP contribution in [0.25, 0.3) is 5.69 Å². The fraction of sp³-hybridized carbons (Fsp3) is 0.385. The molecule has 0 spiro atoms. The quantitative estimate of drug-likeness (QED) is 0.893. The minimum atomic E-state index is -0.0253. The molecule has 1 saturated carbocycles. The van der Waals surface area contributed by atoms with Crippen LogP contribution in [0.3, 0.4) is 0 Å². The Labute approximate surface area is 110 Å². The van der Waals surface area contributed by atoms with Gasteiger partial charge in [0, 0.05) is 11.6 Å². The molecule has 0 radical (unpaired) electrons. The summed E-state index contributed by atoms with van der Waals surface area (Å²) in [5, 5.41) is 14.0. The van der Waals surface area contributed by atoms with Crippen LogP contribution in [0.5, 0.6) is 0 Å². The van der Waals surface area contributed by atoms with Crippen LogP contribution in [0, 0.1) is 5.92 Å². The fourth-order valence-corrected chi connectivity index (χ4v) is 2.05. The van der Waals surface area contributed by atoms with Crippen molar-refractivity contribution in [2.45, 2.75) is 25.8 Å². The first-order valence-corrected chi connectivity index (χ1v) is 6.38. The number of nitrogens with one attached hydrogen (secondary N) is 1. The Morgan fingerprint density at radius 1 is 1.37 bits per heavy atom. The van der Waals surface area contributed by atoms with E-state index in [-0.39, 0.29) is 11.9 Å². The summed E-state index contributed by atoms with van der Waals surface area (Å²) in [4.78, 5) is 12.0. The Bertz CT molecular complexity index is 559. The van der Waals surface area contributed by atoms with Crippen LogP contribution >= 0.6 is 0 Å². The molecule has 6 nitrogen and oxygen atoms in total. The van der Waals surface area contributed by atoms with Crippen molar-refractivity contribution in [2.75, 3.05) is 0 Å². The monoisotopic (exact) mass is 257 g/mol. The van der Waals surface area contributed by atoms with Crippen molar-refractivity contribution >= 4 is 5.91 Å². The third kappa shape index (κ3) is 2.62. The maximum atomic E-state index is 12.0.